The van der Waals surface area contributed by atoms with Gasteiger partial charge in [0, 0.05) is 5.69 Å². The molecule has 2 aromatic carbocycles. The second-order valence-corrected chi connectivity index (χ2v) is 8.41. The summed E-state index contributed by atoms with van der Waals surface area (Å²) in [5.41, 5.74) is 4.57. The van der Waals surface area contributed by atoms with Crippen LogP contribution in [0.2, 0.25) is 0 Å². The first-order valence-corrected chi connectivity index (χ1v) is 11.1. The predicted octanol–water partition coefficient (Wildman–Crippen LogP) is 2.32. The molecule has 6 rings (SSSR count). The minimum Gasteiger partial charge on any atom is -0.274 e. The van der Waals surface area contributed by atoms with Crippen LogP contribution in [0, 0.1) is 4.77 Å². The minimum absolute atomic E-state index is 0.234. The molecule has 0 saturated heterocycles. The van der Waals surface area contributed by atoms with Gasteiger partial charge < -0.3 is 0 Å². The summed E-state index contributed by atoms with van der Waals surface area (Å²) in [4.78, 5) is 14.1. The summed E-state index contributed by atoms with van der Waals surface area (Å²) < 4.78 is 6.97. The summed E-state index contributed by atoms with van der Waals surface area (Å²) in [6.07, 6.45) is 1.50. The smallest absolute Gasteiger partial charge is 0.274 e. The van der Waals surface area contributed by atoms with E-state index in [1.165, 1.54) is 27.3 Å². The molecule has 0 unspecified atom stereocenters. The molecule has 1 aliphatic heterocycles. The average molecular weight is 475 g/mol. The molecule has 4 heterocycles. The molecule has 5 aromatic rings. The Morgan fingerprint density at radius 3 is 2.30 bits per heavy atom. The van der Waals surface area contributed by atoms with Crippen molar-refractivity contribution in [3.63, 3.8) is 0 Å². The van der Waals surface area contributed by atoms with Gasteiger partial charge in [-0.1, -0.05) is 36.4 Å². The van der Waals surface area contributed by atoms with Crippen LogP contribution in [-0.4, -0.2) is 44.2 Å². The second-order valence-electron chi connectivity index (χ2n) is 7.06. The number of fused-ring (bicyclic) bond motifs is 2. The fraction of sp³-hybridized carbons (Fsp3) is 0.0500. The highest BCUT2D eigenvalue weighted by atomic mass is 32.2. The zero-order valence-electron chi connectivity index (χ0n) is 16.8. The molecule has 0 atom stereocenters. The van der Waals surface area contributed by atoms with Gasteiger partial charge in [0.2, 0.25) is 5.16 Å². The lowest BCUT2D eigenvalue weighted by atomic mass is 10.3. The summed E-state index contributed by atoms with van der Waals surface area (Å²) in [6.45, 7) is 0.302. The maximum absolute atomic E-state index is 13.6. The zero-order valence-corrected chi connectivity index (χ0v) is 18.4. The Bertz CT molecular complexity index is 1570. The number of tetrazole rings is 1. The standard InChI is InChI=1S/C20H14N10OS2/c31-18-16-17(24-30-15(22-23-19(30)33-16)11-27-12-21-25-26-27)28(13-7-3-1-4-8-13)20(32)29(18)14-9-5-2-6-10-14/h1-10,12,24H,11H2. The number of nitrogens with one attached hydrogen (secondary N) is 1. The number of benzene rings is 2. The maximum atomic E-state index is 13.6. The lowest BCUT2D eigenvalue weighted by molar-refractivity contribution is 0.599. The molecule has 13 heteroatoms. The molecule has 0 fully saturated rings. The van der Waals surface area contributed by atoms with Gasteiger partial charge in [0.25, 0.3) is 5.56 Å². The monoisotopic (exact) mass is 474 g/mol. The van der Waals surface area contributed by atoms with E-state index < -0.39 is 0 Å². The quantitative estimate of drug-likeness (QED) is 0.385. The number of anilines is 1. The fourth-order valence-corrected chi connectivity index (χ4v) is 4.88. The molecule has 33 heavy (non-hydrogen) atoms. The lowest BCUT2D eigenvalue weighted by Crippen LogP contribution is -2.31. The molecule has 162 valence electrons. The van der Waals surface area contributed by atoms with Gasteiger partial charge in [0.15, 0.2) is 16.4 Å². The Kier molecular flexibility index (Phi) is 4.62. The molecular formula is C20H14N10OS2. The molecule has 0 spiro atoms. The largest absolute Gasteiger partial charge is 0.275 e. The van der Waals surface area contributed by atoms with E-state index in [4.69, 9.17) is 12.2 Å². The van der Waals surface area contributed by atoms with Gasteiger partial charge in [-0.05, 0) is 58.7 Å². The molecule has 0 radical (unpaired) electrons. The third-order valence-corrected chi connectivity index (χ3v) is 6.44. The van der Waals surface area contributed by atoms with Gasteiger partial charge in [0.05, 0.1) is 5.69 Å². The molecular weight excluding hydrogens is 460 g/mol. The molecule has 0 saturated carbocycles. The fourth-order valence-electron chi connectivity index (χ4n) is 3.58. The summed E-state index contributed by atoms with van der Waals surface area (Å²) in [5, 5.41) is 20.2. The van der Waals surface area contributed by atoms with Crippen molar-refractivity contribution in [3.8, 4) is 11.4 Å². The Hall–Kier alpha value is -4.10. The van der Waals surface area contributed by atoms with E-state index >= 15 is 0 Å². The van der Waals surface area contributed by atoms with E-state index in [0.717, 1.165) is 5.69 Å². The van der Waals surface area contributed by atoms with Gasteiger partial charge in [-0.3, -0.25) is 19.4 Å². The Morgan fingerprint density at radius 2 is 1.64 bits per heavy atom. The number of aromatic nitrogens is 9. The molecule has 0 bridgehead atoms. The van der Waals surface area contributed by atoms with Crippen LogP contribution >= 0.6 is 24.0 Å². The average Bonchev–Trinajstić information content (AvgIpc) is 3.50. The van der Waals surface area contributed by atoms with Crippen LogP contribution in [0.25, 0.3) is 11.4 Å². The summed E-state index contributed by atoms with van der Waals surface area (Å²) in [6, 6.07) is 19.0. The summed E-state index contributed by atoms with van der Waals surface area (Å²) >= 11 is 7.07. The van der Waals surface area contributed by atoms with Crippen molar-refractivity contribution in [1.29, 1.82) is 0 Å². The molecule has 0 aliphatic carbocycles. The van der Waals surface area contributed by atoms with E-state index in [0.29, 0.717) is 38.7 Å². The molecule has 1 N–H and O–H groups in total. The van der Waals surface area contributed by atoms with Gasteiger partial charge in [0.1, 0.15) is 17.8 Å². The van der Waals surface area contributed by atoms with Crippen LogP contribution in [0.1, 0.15) is 5.82 Å². The van der Waals surface area contributed by atoms with Crippen LogP contribution in [0.15, 0.2) is 81.8 Å². The van der Waals surface area contributed by atoms with Crippen LogP contribution in [-0.2, 0) is 6.54 Å². The maximum Gasteiger partial charge on any atom is 0.275 e. The Morgan fingerprint density at radius 1 is 0.939 bits per heavy atom. The van der Waals surface area contributed by atoms with Crippen molar-refractivity contribution in [2.45, 2.75) is 16.6 Å². The lowest BCUT2D eigenvalue weighted by Gasteiger charge is -2.25. The SMILES string of the molecule is O=c1c2c(n(-c3ccccc3)c(=S)n1-c1ccccc1)Nn1c(Cn3cnnn3)nnc1S2. The summed E-state index contributed by atoms with van der Waals surface area (Å²) in [5.74, 6) is 1.12. The number of hydrogen-bond donors (Lipinski definition) is 1. The first-order chi connectivity index (χ1) is 16.2. The summed E-state index contributed by atoms with van der Waals surface area (Å²) in [7, 11) is 0. The van der Waals surface area contributed by atoms with E-state index in [1.54, 1.807) is 4.68 Å². The van der Waals surface area contributed by atoms with Crippen LogP contribution in [0.5, 0.6) is 0 Å². The van der Waals surface area contributed by atoms with Crippen molar-refractivity contribution < 1.29 is 0 Å². The Balaban J connectivity index is 1.57. The van der Waals surface area contributed by atoms with Crippen molar-refractivity contribution in [1.82, 2.24) is 44.2 Å². The topological polar surface area (TPSA) is 113 Å². The van der Waals surface area contributed by atoms with Gasteiger partial charge in [-0.25, -0.2) is 9.36 Å². The van der Waals surface area contributed by atoms with Crippen molar-refractivity contribution in [3.05, 3.63) is 87.9 Å². The van der Waals surface area contributed by atoms with Crippen LogP contribution in [0.4, 0.5) is 5.82 Å². The van der Waals surface area contributed by atoms with E-state index in [1.807, 2.05) is 65.2 Å². The first-order valence-electron chi connectivity index (χ1n) is 9.83. The van der Waals surface area contributed by atoms with Crippen molar-refractivity contribution in [2.24, 2.45) is 0 Å². The van der Waals surface area contributed by atoms with E-state index in [2.05, 4.69) is 31.1 Å². The van der Waals surface area contributed by atoms with Gasteiger partial charge in [-0.15, -0.1) is 15.3 Å². The highest BCUT2D eigenvalue weighted by Crippen LogP contribution is 2.36. The van der Waals surface area contributed by atoms with E-state index in [-0.39, 0.29) is 5.56 Å². The van der Waals surface area contributed by atoms with Gasteiger partial charge in [-0.2, -0.15) is 0 Å². The number of hydrogen-bond acceptors (Lipinski definition) is 9. The van der Waals surface area contributed by atoms with Gasteiger partial charge >= 0.3 is 0 Å². The Labute approximate surface area is 195 Å². The third kappa shape index (κ3) is 3.25. The number of rotatable bonds is 4. The highest BCUT2D eigenvalue weighted by Gasteiger charge is 2.28. The molecule has 0 amide bonds. The minimum atomic E-state index is -0.234. The zero-order chi connectivity index (χ0) is 22.4. The third-order valence-electron chi connectivity index (χ3n) is 5.05. The van der Waals surface area contributed by atoms with Crippen molar-refractivity contribution in [2.75, 3.05) is 5.43 Å². The number of nitrogens with zero attached hydrogens (tertiary/aromatic N) is 9. The normalized spacial score (nSPS) is 12.1. The molecule has 3 aromatic heterocycles. The predicted molar refractivity (Wildman–Crippen MR) is 122 cm³/mol. The molecule has 11 nitrogen and oxygen atoms in total. The highest BCUT2D eigenvalue weighted by molar-refractivity contribution is 7.99. The van der Waals surface area contributed by atoms with Crippen molar-refractivity contribution >= 4 is 29.8 Å². The second kappa shape index (κ2) is 7.79. The van der Waals surface area contributed by atoms with Crippen LogP contribution in [0.3, 0.4) is 0 Å². The van der Waals surface area contributed by atoms with E-state index in [9.17, 15) is 4.79 Å². The van der Waals surface area contributed by atoms with Crippen LogP contribution < -0.4 is 11.0 Å². The number of para-hydroxylation sites is 2. The molecule has 1 aliphatic rings. The first kappa shape index (κ1) is 19.6.